The highest BCUT2D eigenvalue weighted by atomic mass is 16.3. The molecule has 0 unspecified atom stereocenters. The van der Waals surface area contributed by atoms with Gasteiger partial charge in [0.25, 0.3) is 0 Å². The summed E-state index contributed by atoms with van der Waals surface area (Å²) in [6.45, 7) is 4.29. The number of aliphatic hydroxyl groups is 1. The van der Waals surface area contributed by atoms with Crippen LogP contribution in [-0.2, 0) is 11.3 Å². The Bertz CT molecular complexity index is 679. The number of aliphatic hydroxyl groups excluding tert-OH is 1. The molecule has 1 aliphatic rings. The van der Waals surface area contributed by atoms with Crippen LogP contribution in [0.5, 0.6) is 0 Å². The smallest absolute Gasteiger partial charge is 0.223 e. The summed E-state index contributed by atoms with van der Waals surface area (Å²) in [6.07, 6.45) is 1.10. The van der Waals surface area contributed by atoms with Crippen LogP contribution in [0.4, 0.5) is 0 Å². The Morgan fingerprint density at radius 2 is 2.04 bits per heavy atom. The lowest BCUT2D eigenvalue weighted by Gasteiger charge is -2.30. The topological polar surface area (TPSA) is 96.2 Å². The SMILES string of the molecule is C[C@H](O)CNC(=O)C1CCN(Cc2nnnn2-c2ccccc2)CC1. The molecule has 2 N–H and O–H groups in total. The second kappa shape index (κ2) is 8.17. The third kappa shape index (κ3) is 4.61. The summed E-state index contributed by atoms with van der Waals surface area (Å²) in [7, 11) is 0. The van der Waals surface area contributed by atoms with Crippen LogP contribution < -0.4 is 5.32 Å². The first kappa shape index (κ1) is 17.5. The van der Waals surface area contributed by atoms with E-state index in [1.807, 2.05) is 30.3 Å². The van der Waals surface area contributed by atoms with Crippen molar-refractivity contribution >= 4 is 5.91 Å². The van der Waals surface area contributed by atoms with E-state index in [1.54, 1.807) is 11.6 Å². The number of tetrazole rings is 1. The molecule has 1 aliphatic heterocycles. The molecule has 1 aromatic carbocycles. The van der Waals surface area contributed by atoms with Crippen LogP contribution in [-0.4, -0.2) is 61.9 Å². The molecule has 2 aromatic rings. The predicted molar refractivity (Wildman–Crippen MR) is 91.8 cm³/mol. The van der Waals surface area contributed by atoms with Gasteiger partial charge in [0, 0.05) is 12.5 Å². The first-order valence-corrected chi connectivity index (χ1v) is 8.64. The number of likely N-dealkylation sites (tertiary alicyclic amines) is 1. The first-order chi connectivity index (χ1) is 12.1. The minimum Gasteiger partial charge on any atom is -0.392 e. The summed E-state index contributed by atoms with van der Waals surface area (Å²) in [5, 5.41) is 24.1. The van der Waals surface area contributed by atoms with E-state index >= 15 is 0 Å². The van der Waals surface area contributed by atoms with Crippen molar-refractivity contribution in [3.8, 4) is 5.69 Å². The van der Waals surface area contributed by atoms with Gasteiger partial charge >= 0.3 is 0 Å². The third-order valence-electron chi connectivity index (χ3n) is 4.43. The molecule has 3 rings (SSSR count). The van der Waals surface area contributed by atoms with E-state index < -0.39 is 6.10 Å². The minimum atomic E-state index is -0.513. The summed E-state index contributed by atoms with van der Waals surface area (Å²) >= 11 is 0. The normalized spacial score (nSPS) is 17.4. The fourth-order valence-corrected chi connectivity index (χ4v) is 3.02. The zero-order valence-corrected chi connectivity index (χ0v) is 14.4. The number of hydrogen-bond donors (Lipinski definition) is 2. The standard InChI is InChI=1S/C17H24N6O2/c1-13(24)11-18-17(25)14-7-9-22(10-8-14)12-16-19-20-21-23(16)15-5-3-2-4-6-15/h2-6,13-14,24H,7-12H2,1H3,(H,18,25)/t13-/m0/s1. The van der Waals surface area contributed by atoms with Crippen LogP contribution in [0.1, 0.15) is 25.6 Å². The van der Waals surface area contributed by atoms with E-state index in [2.05, 4.69) is 25.7 Å². The number of nitrogens with zero attached hydrogens (tertiary/aromatic N) is 5. The summed E-state index contributed by atoms with van der Waals surface area (Å²) < 4.78 is 1.75. The second-order valence-electron chi connectivity index (χ2n) is 6.49. The monoisotopic (exact) mass is 344 g/mol. The predicted octanol–water partition coefficient (Wildman–Crippen LogP) is 0.371. The third-order valence-corrected chi connectivity index (χ3v) is 4.43. The van der Waals surface area contributed by atoms with E-state index in [4.69, 9.17) is 0 Å². The lowest BCUT2D eigenvalue weighted by Crippen LogP contribution is -2.42. The minimum absolute atomic E-state index is 0.0140. The molecule has 1 amide bonds. The van der Waals surface area contributed by atoms with Gasteiger partial charge in [-0.15, -0.1) is 5.10 Å². The molecule has 134 valence electrons. The Kier molecular flexibility index (Phi) is 5.72. The Labute approximate surface area is 146 Å². The summed E-state index contributed by atoms with van der Waals surface area (Å²) in [6, 6.07) is 9.81. The number of hydrogen-bond acceptors (Lipinski definition) is 6. The molecule has 1 aromatic heterocycles. The van der Waals surface area contributed by atoms with Crippen molar-refractivity contribution in [3.63, 3.8) is 0 Å². The largest absolute Gasteiger partial charge is 0.392 e. The molecule has 0 bridgehead atoms. The van der Waals surface area contributed by atoms with Crippen LogP contribution in [0.15, 0.2) is 30.3 Å². The van der Waals surface area contributed by atoms with Crippen LogP contribution in [0, 0.1) is 5.92 Å². The van der Waals surface area contributed by atoms with Crippen molar-refractivity contribution in [1.29, 1.82) is 0 Å². The van der Waals surface area contributed by atoms with Gasteiger partial charge in [-0.1, -0.05) is 18.2 Å². The maximum absolute atomic E-state index is 12.1. The van der Waals surface area contributed by atoms with E-state index in [-0.39, 0.29) is 11.8 Å². The fraction of sp³-hybridized carbons (Fsp3) is 0.529. The number of carbonyl (C=O) groups excluding carboxylic acids is 1. The molecule has 1 atom stereocenters. The number of rotatable bonds is 6. The van der Waals surface area contributed by atoms with Crippen molar-refractivity contribution in [2.45, 2.75) is 32.4 Å². The maximum Gasteiger partial charge on any atom is 0.223 e. The highest BCUT2D eigenvalue weighted by molar-refractivity contribution is 5.78. The molecule has 0 radical (unpaired) electrons. The molecular formula is C17H24N6O2. The van der Waals surface area contributed by atoms with E-state index in [1.165, 1.54) is 0 Å². The van der Waals surface area contributed by atoms with Crippen molar-refractivity contribution in [2.75, 3.05) is 19.6 Å². The van der Waals surface area contributed by atoms with Gasteiger partial charge in [0.2, 0.25) is 5.91 Å². The first-order valence-electron chi connectivity index (χ1n) is 8.64. The van der Waals surface area contributed by atoms with E-state index in [0.717, 1.165) is 37.4 Å². The van der Waals surface area contributed by atoms with Gasteiger partial charge in [-0.05, 0) is 55.4 Å². The van der Waals surface area contributed by atoms with Crippen LogP contribution >= 0.6 is 0 Å². The molecule has 2 heterocycles. The molecule has 0 saturated carbocycles. The maximum atomic E-state index is 12.1. The van der Waals surface area contributed by atoms with Crippen molar-refractivity contribution in [2.24, 2.45) is 5.92 Å². The molecule has 0 spiro atoms. The number of piperidine rings is 1. The van der Waals surface area contributed by atoms with Gasteiger partial charge in [0.1, 0.15) is 0 Å². The van der Waals surface area contributed by atoms with Gasteiger partial charge in [-0.25, -0.2) is 0 Å². The molecule has 0 aliphatic carbocycles. The quantitative estimate of drug-likeness (QED) is 0.786. The second-order valence-corrected chi connectivity index (χ2v) is 6.49. The Hall–Kier alpha value is -2.32. The van der Waals surface area contributed by atoms with Gasteiger partial charge in [0.15, 0.2) is 5.82 Å². The molecule has 8 nitrogen and oxygen atoms in total. The number of benzene rings is 1. The van der Waals surface area contributed by atoms with Crippen molar-refractivity contribution in [1.82, 2.24) is 30.4 Å². The lowest BCUT2D eigenvalue weighted by atomic mass is 9.96. The van der Waals surface area contributed by atoms with Gasteiger partial charge in [-0.3, -0.25) is 9.69 Å². The van der Waals surface area contributed by atoms with Crippen molar-refractivity contribution in [3.05, 3.63) is 36.2 Å². The summed E-state index contributed by atoms with van der Waals surface area (Å²) in [5.74, 6) is 0.845. The molecule has 1 fully saturated rings. The average molecular weight is 344 g/mol. The van der Waals surface area contributed by atoms with E-state index in [0.29, 0.717) is 13.1 Å². The summed E-state index contributed by atoms with van der Waals surface area (Å²) in [4.78, 5) is 14.4. The number of nitrogens with one attached hydrogen (secondary N) is 1. The Balaban J connectivity index is 1.53. The fourth-order valence-electron chi connectivity index (χ4n) is 3.02. The Morgan fingerprint density at radius 1 is 1.32 bits per heavy atom. The molecule has 25 heavy (non-hydrogen) atoms. The Morgan fingerprint density at radius 3 is 2.72 bits per heavy atom. The van der Waals surface area contributed by atoms with Crippen LogP contribution in [0.25, 0.3) is 5.69 Å². The lowest BCUT2D eigenvalue weighted by molar-refractivity contribution is -0.126. The highest BCUT2D eigenvalue weighted by Crippen LogP contribution is 2.19. The van der Waals surface area contributed by atoms with Crippen LogP contribution in [0.3, 0.4) is 0 Å². The highest BCUT2D eigenvalue weighted by Gasteiger charge is 2.26. The van der Waals surface area contributed by atoms with Crippen LogP contribution in [0.2, 0.25) is 0 Å². The number of para-hydroxylation sites is 1. The molecule has 8 heteroatoms. The zero-order valence-electron chi connectivity index (χ0n) is 14.4. The average Bonchev–Trinajstić information content (AvgIpc) is 3.09. The van der Waals surface area contributed by atoms with Gasteiger partial charge < -0.3 is 10.4 Å². The van der Waals surface area contributed by atoms with Crippen molar-refractivity contribution < 1.29 is 9.90 Å². The number of amides is 1. The summed E-state index contributed by atoms with van der Waals surface area (Å²) in [5.41, 5.74) is 0.940. The van der Waals surface area contributed by atoms with Gasteiger partial charge in [0.05, 0.1) is 18.3 Å². The van der Waals surface area contributed by atoms with E-state index in [9.17, 15) is 9.90 Å². The van der Waals surface area contributed by atoms with Gasteiger partial charge in [-0.2, -0.15) is 4.68 Å². The molecular weight excluding hydrogens is 320 g/mol. The number of carbonyl (C=O) groups is 1. The zero-order chi connectivity index (χ0) is 17.6. The molecule has 1 saturated heterocycles. The number of aromatic nitrogens is 4.